The Hall–Kier alpha value is -2.04. The van der Waals surface area contributed by atoms with Crippen molar-refractivity contribution in [1.82, 2.24) is 5.32 Å². The van der Waals surface area contributed by atoms with Gasteiger partial charge in [-0.3, -0.25) is 9.59 Å². The summed E-state index contributed by atoms with van der Waals surface area (Å²) < 4.78 is 0. The van der Waals surface area contributed by atoms with Gasteiger partial charge >= 0.3 is 0 Å². The summed E-state index contributed by atoms with van der Waals surface area (Å²) >= 11 is 0. The molecule has 170 valence electrons. The Balaban J connectivity index is 1.90. The zero-order valence-electron chi connectivity index (χ0n) is 19.0. The molecule has 0 aliphatic carbocycles. The van der Waals surface area contributed by atoms with Crippen molar-refractivity contribution < 1.29 is 9.59 Å². The summed E-state index contributed by atoms with van der Waals surface area (Å²) in [6.07, 6.45) is 18.6. The lowest BCUT2D eigenvalue weighted by Gasteiger charge is -2.10. The monoisotopic (exact) mass is 417 g/mol. The predicted octanol–water partition coefficient (Wildman–Crippen LogP) is 5.79. The van der Waals surface area contributed by atoms with Crippen LogP contribution < -0.4 is 16.4 Å². The second-order valence-corrected chi connectivity index (χ2v) is 8.21. The molecule has 0 fully saturated rings. The number of nitrogens with two attached hydrogens (primary N) is 1. The standard InChI is InChI=1S/C25H43N3O2/c1-2-3-4-5-6-7-8-9-10-11-12-13-14-17-20-27-24(29)21-28-23-19-16-15-18-22(23)25(26)30/h15-16,18-19,28H,2-14,17,20-21H2,1H3,(H2,26,30)(H,27,29). The number of carbonyl (C=O) groups is 2. The molecule has 0 radical (unpaired) electrons. The molecule has 0 saturated carbocycles. The summed E-state index contributed by atoms with van der Waals surface area (Å²) in [6.45, 7) is 3.11. The fourth-order valence-electron chi connectivity index (χ4n) is 3.64. The van der Waals surface area contributed by atoms with E-state index < -0.39 is 5.91 Å². The van der Waals surface area contributed by atoms with Crippen molar-refractivity contribution in [2.75, 3.05) is 18.4 Å². The molecule has 1 aromatic rings. The zero-order chi connectivity index (χ0) is 21.9. The summed E-state index contributed by atoms with van der Waals surface area (Å²) in [5.74, 6) is -0.565. The maximum atomic E-state index is 11.9. The van der Waals surface area contributed by atoms with Crippen LogP contribution in [0.15, 0.2) is 24.3 Å². The average Bonchev–Trinajstić information content (AvgIpc) is 2.75. The van der Waals surface area contributed by atoms with Gasteiger partial charge < -0.3 is 16.4 Å². The molecule has 5 heteroatoms. The zero-order valence-corrected chi connectivity index (χ0v) is 19.0. The van der Waals surface area contributed by atoms with Crippen LogP contribution in [0.1, 0.15) is 107 Å². The number of nitrogens with one attached hydrogen (secondary N) is 2. The van der Waals surface area contributed by atoms with Crippen LogP contribution >= 0.6 is 0 Å². The Labute approximate surface area is 183 Å². The number of amides is 2. The van der Waals surface area contributed by atoms with Gasteiger partial charge in [0.1, 0.15) is 0 Å². The van der Waals surface area contributed by atoms with Gasteiger partial charge in [-0.05, 0) is 18.6 Å². The first-order valence-electron chi connectivity index (χ1n) is 12.0. The fraction of sp³-hybridized carbons (Fsp3) is 0.680. The van der Waals surface area contributed by atoms with Gasteiger partial charge in [-0.2, -0.15) is 0 Å². The Morgan fingerprint density at radius 2 is 1.27 bits per heavy atom. The smallest absolute Gasteiger partial charge is 0.250 e. The number of hydrogen-bond donors (Lipinski definition) is 3. The van der Waals surface area contributed by atoms with Crippen LogP contribution in [0.2, 0.25) is 0 Å². The maximum Gasteiger partial charge on any atom is 0.250 e. The quantitative estimate of drug-likeness (QED) is 0.249. The van der Waals surface area contributed by atoms with Crippen LogP contribution in [-0.4, -0.2) is 24.9 Å². The van der Waals surface area contributed by atoms with Crippen molar-refractivity contribution in [3.8, 4) is 0 Å². The van der Waals surface area contributed by atoms with Crippen molar-refractivity contribution in [2.45, 2.75) is 96.8 Å². The van der Waals surface area contributed by atoms with E-state index in [0.717, 1.165) is 12.8 Å². The van der Waals surface area contributed by atoms with E-state index in [1.54, 1.807) is 24.3 Å². The third-order valence-electron chi connectivity index (χ3n) is 5.48. The van der Waals surface area contributed by atoms with E-state index in [2.05, 4.69) is 17.6 Å². The van der Waals surface area contributed by atoms with Crippen molar-refractivity contribution >= 4 is 17.5 Å². The van der Waals surface area contributed by atoms with Crippen LogP contribution in [-0.2, 0) is 4.79 Å². The molecule has 0 bridgehead atoms. The van der Waals surface area contributed by atoms with Gasteiger partial charge in [0.05, 0.1) is 12.1 Å². The number of anilines is 1. The van der Waals surface area contributed by atoms with E-state index in [9.17, 15) is 9.59 Å². The number of primary amides is 1. The molecule has 0 aliphatic rings. The molecule has 1 aromatic carbocycles. The predicted molar refractivity (Wildman–Crippen MR) is 127 cm³/mol. The first-order valence-corrected chi connectivity index (χ1v) is 12.0. The normalized spacial score (nSPS) is 10.7. The van der Waals surface area contributed by atoms with E-state index in [1.165, 1.54) is 77.0 Å². The van der Waals surface area contributed by atoms with Crippen LogP contribution in [0.5, 0.6) is 0 Å². The van der Waals surface area contributed by atoms with Crippen molar-refractivity contribution in [2.24, 2.45) is 5.73 Å². The number of benzene rings is 1. The van der Waals surface area contributed by atoms with E-state index in [-0.39, 0.29) is 12.5 Å². The summed E-state index contributed by atoms with van der Waals surface area (Å²) in [5.41, 5.74) is 6.33. The van der Waals surface area contributed by atoms with Gasteiger partial charge in [-0.25, -0.2) is 0 Å². The molecule has 0 heterocycles. The van der Waals surface area contributed by atoms with Crippen molar-refractivity contribution in [3.63, 3.8) is 0 Å². The molecule has 5 nitrogen and oxygen atoms in total. The molecular weight excluding hydrogens is 374 g/mol. The summed E-state index contributed by atoms with van der Waals surface area (Å²) in [4.78, 5) is 23.3. The lowest BCUT2D eigenvalue weighted by Crippen LogP contribution is -2.31. The highest BCUT2D eigenvalue weighted by atomic mass is 16.2. The Kier molecular flexibility index (Phi) is 15.4. The summed E-state index contributed by atoms with van der Waals surface area (Å²) in [6, 6.07) is 6.96. The largest absolute Gasteiger partial charge is 0.376 e. The average molecular weight is 418 g/mol. The molecule has 4 N–H and O–H groups in total. The summed E-state index contributed by atoms with van der Waals surface area (Å²) in [7, 11) is 0. The molecule has 0 unspecified atom stereocenters. The fourth-order valence-corrected chi connectivity index (χ4v) is 3.64. The van der Waals surface area contributed by atoms with Gasteiger partial charge in [-0.15, -0.1) is 0 Å². The SMILES string of the molecule is CCCCCCCCCCCCCCCCNC(=O)CNc1ccccc1C(N)=O. The molecule has 0 aromatic heterocycles. The minimum absolute atomic E-state index is 0.0658. The minimum atomic E-state index is -0.499. The molecular formula is C25H43N3O2. The first-order chi connectivity index (χ1) is 14.6. The lowest BCUT2D eigenvalue weighted by atomic mass is 10.0. The molecule has 0 atom stereocenters. The second-order valence-electron chi connectivity index (χ2n) is 8.21. The molecule has 0 saturated heterocycles. The van der Waals surface area contributed by atoms with Crippen LogP contribution in [0.4, 0.5) is 5.69 Å². The first kappa shape index (κ1) is 26.0. The number of unbranched alkanes of at least 4 members (excludes halogenated alkanes) is 13. The highest BCUT2D eigenvalue weighted by Gasteiger charge is 2.08. The molecule has 0 spiro atoms. The number of rotatable bonds is 19. The van der Waals surface area contributed by atoms with Gasteiger partial charge in [0.15, 0.2) is 0 Å². The topological polar surface area (TPSA) is 84.2 Å². The highest BCUT2D eigenvalue weighted by Crippen LogP contribution is 2.14. The number of hydrogen-bond acceptors (Lipinski definition) is 3. The lowest BCUT2D eigenvalue weighted by molar-refractivity contribution is -0.119. The Morgan fingerprint density at radius 1 is 0.767 bits per heavy atom. The van der Waals surface area contributed by atoms with E-state index >= 15 is 0 Å². The van der Waals surface area contributed by atoms with Crippen LogP contribution in [0.3, 0.4) is 0 Å². The van der Waals surface area contributed by atoms with E-state index in [0.29, 0.717) is 17.8 Å². The van der Waals surface area contributed by atoms with Gasteiger partial charge in [0, 0.05) is 12.2 Å². The number of carbonyl (C=O) groups excluding carboxylic acids is 2. The maximum absolute atomic E-state index is 11.9. The van der Waals surface area contributed by atoms with Gasteiger partial charge in [0.25, 0.3) is 5.91 Å². The summed E-state index contributed by atoms with van der Waals surface area (Å²) in [5, 5.41) is 5.91. The molecule has 0 aliphatic heterocycles. The van der Waals surface area contributed by atoms with Crippen molar-refractivity contribution in [3.05, 3.63) is 29.8 Å². The third-order valence-corrected chi connectivity index (χ3v) is 5.48. The Bertz CT molecular complexity index is 590. The second kappa shape index (κ2) is 17.8. The van der Waals surface area contributed by atoms with Crippen LogP contribution in [0.25, 0.3) is 0 Å². The minimum Gasteiger partial charge on any atom is -0.376 e. The third kappa shape index (κ3) is 13.2. The molecule has 2 amide bonds. The van der Waals surface area contributed by atoms with Gasteiger partial charge in [0.2, 0.25) is 5.91 Å². The van der Waals surface area contributed by atoms with Gasteiger partial charge in [-0.1, -0.05) is 103 Å². The molecule has 1 rings (SSSR count). The highest BCUT2D eigenvalue weighted by molar-refractivity contribution is 5.98. The van der Waals surface area contributed by atoms with E-state index in [1.807, 2.05) is 0 Å². The molecule has 30 heavy (non-hydrogen) atoms. The Morgan fingerprint density at radius 3 is 1.80 bits per heavy atom. The van der Waals surface area contributed by atoms with Crippen molar-refractivity contribution in [1.29, 1.82) is 0 Å². The van der Waals surface area contributed by atoms with Crippen LogP contribution in [0, 0.1) is 0 Å². The van der Waals surface area contributed by atoms with E-state index in [4.69, 9.17) is 5.73 Å². The number of para-hydroxylation sites is 1.